The smallest absolute Gasteiger partial charge is 0.142 e. The molecule has 106 valence electrons. The van der Waals surface area contributed by atoms with Crippen LogP contribution in [-0.2, 0) is 6.54 Å². The van der Waals surface area contributed by atoms with Crippen LogP contribution in [0.25, 0.3) is 0 Å². The van der Waals surface area contributed by atoms with E-state index in [1.165, 1.54) is 35.5 Å². The van der Waals surface area contributed by atoms with E-state index in [1.807, 2.05) is 19.1 Å². The maximum absolute atomic E-state index is 5.95. The van der Waals surface area contributed by atoms with Gasteiger partial charge in [0.15, 0.2) is 0 Å². The highest BCUT2D eigenvalue weighted by Gasteiger charge is 2.30. The Balaban J connectivity index is 1.68. The summed E-state index contributed by atoms with van der Waals surface area (Å²) in [6, 6.07) is 8.16. The highest BCUT2D eigenvalue weighted by molar-refractivity contribution is 7.10. The fourth-order valence-corrected chi connectivity index (χ4v) is 3.09. The molecule has 0 bridgehead atoms. The van der Waals surface area contributed by atoms with Crippen molar-refractivity contribution in [1.29, 1.82) is 0 Å². The number of hydrogen-bond acceptors (Lipinski definition) is 5. The van der Waals surface area contributed by atoms with Crippen LogP contribution >= 0.6 is 11.5 Å². The van der Waals surface area contributed by atoms with Crippen LogP contribution in [0.3, 0.4) is 0 Å². The number of rotatable bonds is 6. The Morgan fingerprint density at radius 2 is 2.30 bits per heavy atom. The van der Waals surface area contributed by atoms with Crippen molar-refractivity contribution in [3.8, 4) is 5.75 Å². The van der Waals surface area contributed by atoms with Crippen molar-refractivity contribution in [1.82, 2.24) is 4.37 Å². The second-order valence-electron chi connectivity index (χ2n) is 5.02. The predicted octanol–water partition coefficient (Wildman–Crippen LogP) is 3.61. The van der Waals surface area contributed by atoms with Crippen molar-refractivity contribution in [2.45, 2.75) is 32.2 Å². The van der Waals surface area contributed by atoms with Crippen LogP contribution in [-0.4, -0.2) is 11.0 Å². The summed E-state index contributed by atoms with van der Waals surface area (Å²) in [7, 11) is 0. The van der Waals surface area contributed by atoms with Crippen molar-refractivity contribution in [3.63, 3.8) is 0 Å². The molecular weight excluding hydrogens is 270 g/mol. The van der Waals surface area contributed by atoms with Gasteiger partial charge >= 0.3 is 0 Å². The molecule has 0 saturated heterocycles. The van der Waals surface area contributed by atoms with Crippen LogP contribution in [0.5, 0.6) is 5.75 Å². The second-order valence-corrected chi connectivity index (χ2v) is 5.79. The number of hydrogen-bond donors (Lipinski definition) is 2. The minimum absolute atomic E-state index is 0.617. The van der Waals surface area contributed by atoms with E-state index >= 15 is 0 Å². The van der Waals surface area contributed by atoms with E-state index in [2.05, 4.69) is 21.8 Å². The highest BCUT2D eigenvalue weighted by Crippen LogP contribution is 2.47. The van der Waals surface area contributed by atoms with E-state index in [0.717, 1.165) is 17.3 Å². The van der Waals surface area contributed by atoms with Gasteiger partial charge in [0.25, 0.3) is 0 Å². The first-order valence-corrected chi connectivity index (χ1v) is 7.76. The van der Waals surface area contributed by atoms with Crippen LogP contribution in [0.15, 0.2) is 24.3 Å². The summed E-state index contributed by atoms with van der Waals surface area (Å²) in [5, 5.41) is 4.58. The first-order valence-electron chi connectivity index (χ1n) is 6.98. The van der Waals surface area contributed by atoms with Crippen molar-refractivity contribution in [2.75, 3.05) is 17.7 Å². The van der Waals surface area contributed by atoms with Crippen LogP contribution in [0.1, 0.15) is 36.8 Å². The van der Waals surface area contributed by atoms with Gasteiger partial charge < -0.3 is 15.8 Å². The molecule has 3 N–H and O–H groups in total. The SMILES string of the molecule is CCOc1cccc(CNc2snc(N)c2C2CC2)c1. The van der Waals surface area contributed by atoms with E-state index in [9.17, 15) is 0 Å². The first-order chi connectivity index (χ1) is 9.78. The second kappa shape index (κ2) is 5.71. The molecule has 0 radical (unpaired) electrons. The van der Waals surface area contributed by atoms with Gasteiger partial charge in [-0.1, -0.05) is 12.1 Å². The van der Waals surface area contributed by atoms with Crippen LogP contribution in [0.2, 0.25) is 0 Å². The molecule has 3 rings (SSSR count). The summed E-state index contributed by atoms with van der Waals surface area (Å²) in [5.74, 6) is 2.23. The summed E-state index contributed by atoms with van der Waals surface area (Å²) in [6.07, 6.45) is 2.47. The van der Waals surface area contributed by atoms with E-state index in [-0.39, 0.29) is 0 Å². The van der Waals surface area contributed by atoms with E-state index in [0.29, 0.717) is 18.3 Å². The molecule has 0 amide bonds. The molecule has 4 nitrogen and oxygen atoms in total. The number of ether oxygens (including phenoxy) is 1. The van der Waals surface area contributed by atoms with Gasteiger partial charge in [-0.25, -0.2) is 0 Å². The number of benzene rings is 1. The molecule has 1 aromatic carbocycles. The third-order valence-electron chi connectivity index (χ3n) is 3.40. The summed E-state index contributed by atoms with van der Waals surface area (Å²) in [4.78, 5) is 0. The van der Waals surface area contributed by atoms with Crippen molar-refractivity contribution in [2.24, 2.45) is 0 Å². The average molecular weight is 289 g/mol. The zero-order chi connectivity index (χ0) is 13.9. The fraction of sp³-hybridized carbons (Fsp3) is 0.400. The topological polar surface area (TPSA) is 60.2 Å². The van der Waals surface area contributed by atoms with Gasteiger partial charge in [0.2, 0.25) is 0 Å². The van der Waals surface area contributed by atoms with E-state index in [1.54, 1.807) is 0 Å². The molecule has 1 aliphatic carbocycles. The maximum Gasteiger partial charge on any atom is 0.142 e. The normalized spacial score (nSPS) is 14.2. The Morgan fingerprint density at radius 3 is 3.05 bits per heavy atom. The standard InChI is InChI=1S/C15H19N3OS/c1-2-19-12-5-3-4-10(8-12)9-17-15-13(11-6-7-11)14(16)18-20-15/h3-5,8,11,17H,2,6-7,9H2,1H3,(H2,16,18). The molecule has 20 heavy (non-hydrogen) atoms. The number of nitrogen functional groups attached to an aromatic ring is 1. The molecule has 1 saturated carbocycles. The number of nitrogens with zero attached hydrogens (tertiary/aromatic N) is 1. The summed E-state index contributed by atoms with van der Waals surface area (Å²) in [6.45, 7) is 3.45. The minimum atomic E-state index is 0.617. The molecule has 1 heterocycles. The Hall–Kier alpha value is -1.75. The van der Waals surface area contributed by atoms with E-state index < -0.39 is 0 Å². The fourth-order valence-electron chi connectivity index (χ4n) is 2.30. The zero-order valence-corrected chi connectivity index (χ0v) is 12.4. The Bertz CT molecular complexity index is 593. The summed E-state index contributed by atoms with van der Waals surface area (Å²) < 4.78 is 9.79. The van der Waals surface area contributed by atoms with Gasteiger partial charge in [-0.05, 0) is 54.9 Å². The summed E-state index contributed by atoms with van der Waals surface area (Å²) in [5.41, 5.74) is 8.37. The molecular formula is C15H19N3OS. The zero-order valence-electron chi connectivity index (χ0n) is 11.6. The van der Waals surface area contributed by atoms with E-state index in [4.69, 9.17) is 10.5 Å². The Morgan fingerprint density at radius 1 is 1.45 bits per heavy atom. The first kappa shape index (κ1) is 13.2. The quantitative estimate of drug-likeness (QED) is 0.852. The lowest BCUT2D eigenvalue weighted by Gasteiger charge is -2.08. The summed E-state index contributed by atoms with van der Waals surface area (Å²) >= 11 is 1.46. The molecule has 0 unspecified atom stereocenters. The molecule has 2 aromatic rings. The third kappa shape index (κ3) is 2.88. The van der Waals surface area contributed by atoms with Crippen molar-refractivity contribution >= 4 is 22.4 Å². The Kier molecular flexibility index (Phi) is 3.78. The molecule has 0 atom stereocenters. The predicted molar refractivity (Wildman–Crippen MR) is 83.4 cm³/mol. The highest BCUT2D eigenvalue weighted by atomic mass is 32.1. The molecule has 1 aliphatic rings. The molecule has 0 aliphatic heterocycles. The number of anilines is 2. The van der Waals surface area contributed by atoms with Crippen LogP contribution in [0.4, 0.5) is 10.8 Å². The number of aromatic nitrogens is 1. The van der Waals surface area contributed by atoms with Gasteiger partial charge in [0.1, 0.15) is 16.6 Å². The minimum Gasteiger partial charge on any atom is -0.494 e. The van der Waals surface area contributed by atoms with Gasteiger partial charge in [0.05, 0.1) is 6.61 Å². The molecule has 5 heteroatoms. The lowest BCUT2D eigenvalue weighted by Crippen LogP contribution is -2.01. The molecule has 0 spiro atoms. The number of nitrogens with one attached hydrogen (secondary N) is 1. The number of nitrogens with two attached hydrogens (primary N) is 1. The monoisotopic (exact) mass is 289 g/mol. The van der Waals surface area contributed by atoms with Crippen molar-refractivity contribution in [3.05, 3.63) is 35.4 Å². The van der Waals surface area contributed by atoms with Crippen LogP contribution < -0.4 is 15.8 Å². The van der Waals surface area contributed by atoms with Gasteiger partial charge in [0, 0.05) is 12.1 Å². The van der Waals surface area contributed by atoms with Crippen molar-refractivity contribution < 1.29 is 4.74 Å². The average Bonchev–Trinajstić information content (AvgIpc) is 3.21. The lowest BCUT2D eigenvalue weighted by molar-refractivity contribution is 0.340. The van der Waals surface area contributed by atoms with Gasteiger partial charge in [-0.15, -0.1) is 0 Å². The van der Waals surface area contributed by atoms with Gasteiger partial charge in [-0.3, -0.25) is 0 Å². The third-order valence-corrected chi connectivity index (χ3v) is 4.24. The largest absolute Gasteiger partial charge is 0.494 e. The Labute approximate surface area is 123 Å². The molecule has 1 fully saturated rings. The molecule has 1 aromatic heterocycles. The van der Waals surface area contributed by atoms with Crippen LogP contribution in [0, 0.1) is 0 Å². The lowest BCUT2D eigenvalue weighted by atomic mass is 10.2. The maximum atomic E-state index is 5.95. The van der Waals surface area contributed by atoms with Gasteiger partial charge in [-0.2, -0.15) is 4.37 Å².